The Labute approximate surface area is 214 Å². The third kappa shape index (κ3) is 6.71. The van der Waals surface area contributed by atoms with Crippen molar-refractivity contribution in [1.82, 2.24) is 0 Å². The molecule has 0 saturated carbocycles. The number of nitrogens with two attached hydrogens (primary N) is 1. The minimum atomic E-state index is -4.84. The second-order valence-electron chi connectivity index (χ2n) is 7.19. The second kappa shape index (κ2) is 11.4. The van der Waals surface area contributed by atoms with Gasteiger partial charge in [0.15, 0.2) is 5.88 Å². The molecule has 0 aliphatic heterocycles. The Morgan fingerprint density at radius 2 is 1.56 bits per heavy atom. The largest absolute Gasteiger partial charge is 0.497 e. The smallest absolute Gasteiger partial charge is 0.420 e. The zero-order valence-corrected chi connectivity index (χ0v) is 20.4. The molecule has 0 spiro atoms. The molecule has 3 aromatic rings. The van der Waals surface area contributed by atoms with Crippen LogP contribution in [-0.4, -0.2) is 26.4 Å². The monoisotopic (exact) mass is 538 g/mol. The summed E-state index contributed by atoms with van der Waals surface area (Å²) in [4.78, 5) is 16.0. The second-order valence-corrected chi connectivity index (χ2v) is 8.07. The number of alkyl halides is 3. The topological polar surface area (TPSA) is 83.1 Å². The molecule has 0 atom stereocenters. The molecule has 0 amide bonds. The van der Waals surface area contributed by atoms with E-state index in [1.165, 1.54) is 19.4 Å². The third-order valence-electron chi connectivity index (χ3n) is 4.78. The number of methoxy groups -OCH3 is 2. The van der Waals surface area contributed by atoms with Gasteiger partial charge in [-0.1, -0.05) is 35.3 Å². The summed E-state index contributed by atoms with van der Waals surface area (Å²) in [7, 11) is 2.55. The summed E-state index contributed by atoms with van der Waals surface area (Å²) in [6.07, 6.45) is -3.53. The van der Waals surface area contributed by atoms with E-state index in [2.05, 4.69) is 9.73 Å². The van der Waals surface area contributed by atoms with E-state index < -0.39 is 23.5 Å². The van der Waals surface area contributed by atoms with Crippen LogP contribution in [0.3, 0.4) is 0 Å². The van der Waals surface area contributed by atoms with Gasteiger partial charge in [-0.2, -0.15) is 13.2 Å². The van der Waals surface area contributed by atoms with Gasteiger partial charge in [-0.15, -0.1) is 0 Å². The molecule has 0 aliphatic rings. The summed E-state index contributed by atoms with van der Waals surface area (Å²) in [5.74, 6) is -1.37. The highest BCUT2D eigenvalue weighted by Gasteiger charge is 2.35. The molecule has 36 heavy (non-hydrogen) atoms. The van der Waals surface area contributed by atoms with Gasteiger partial charge in [-0.25, -0.2) is 4.79 Å². The number of hydrogen-bond acceptors (Lipinski definition) is 6. The normalized spacial score (nSPS) is 12.3. The number of carbonyl (C=O) groups is 1. The zero-order chi connectivity index (χ0) is 26.5. The molecule has 3 aromatic carbocycles. The van der Waals surface area contributed by atoms with E-state index in [4.69, 9.17) is 38.4 Å². The molecule has 0 fully saturated rings. The predicted octanol–water partition coefficient (Wildman–Crippen LogP) is 6.92. The van der Waals surface area contributed by atoms with Crippen molar-refractivity contribution in [2.75, 3.05) is 14.2 Å². The molecule has 0 bridgehead atoms. The van der Waals surface area contributed by atoms with Crippen molar-refractivity contribution >= 4 is 46.6 Å². The van der Waals surface area contributed by atoms with Crippen LogP contribution >= 0.6 is 23.2 Å². The summed E-state index contributed by atoms with van der Waals surface area (Å²) in [6.45, 7) is 0. The number of rotatable bonds is 7. The van der Waals surface area contributed by atoms with Crippen LogP contribution in [0.1, 0.15) is 21.5 Å². The van der Waals surface area contributed by atoms with Crippen LogP contribution in [0.25, 0.3) is 5.57 Å². The fourth-order valence-electron chi connectivity index (χ4n) is 3.06. The number of carbonyl (C=O) groups excluding carboxylic acids is 1. The van der Waals surface area contributed by atoms with Gasteiger partial charge < -0.3 is 19.9 Å². The number of ether oxygens (including phenoxy) is 3. The number of hydrogen-bond donors (Lipinski definition) is 1. The van der Waals surface area contributed by atoms with Crippen molar-refractivity contribution in [2.45, 2.75) is 6.18 Å². The lowest BCUT2D eigenvalue weighted by Gasteiger charge is -2.16. The Kier molecular flexibility index (Phi) is 8.49. The summed E-state index contributed by atoms with van der Waals surface area (Å²) in [6, 6.07) is 13.9. The van der Waals surface area contributed by atoms with E-state index in [9.17, 15) is 18.0 Å². The Bertz CT molecular complexity index is 1300. The average molecular weight is 539 g/mol. The molecule has 3 rings (SSSR count). The first-order valence-electron chi connectivity index (χ1n) is 10.1. The van der Waals surface area contributed by atoms with Crippen LogP contribution in [0, 0.1) is 0 Å². The van der Waals surface area contributed by atoms with Gasteiger partial charge in [0.1, 0.15) is 11.5 Å². The summed E-state index contributed by atoms with van der Waals surface area (Å²) >= 11 is 12.0. The Hall–Kier alpha value is -3.69. The Morgan fingerprint density at radius 1 is 0.944 bits per heavy atom. The highest BCUT2D eigenvalue weighted by Crippen LogP contribution is 2.38. The first-order valence-corrected chi connectivity index (χ1v) is 10.9. The minimum absolute atomic E-state index is 0.166. The van der Waals surface area contributed by atoms with Gasteiger partial charge in [-0.05, 0) is 54.1 Å². The molecular formula is C25H19Cl2F3N2O4. The lowest BCUT2D eigenvalue weighted by atomic mass is 10.1. The van der Waals surface area contributed by atoms with Crippen molar-refractivity contribution in [3.63, 3.8) is 0 Å². The van der Waals surface area contributed by atoms with E-state index in [1.54, 1.807) is 36.4 Å². The maximum absolute atomic E-state index is 13.7. The highest BCUT2D eigenvalue weighted by molar-refractivity contribution is 6.35. The molecule has 188 valence electrons. The van der Waals surface area contributed by atoms with E-state index in [0.717, 1.165) is 19.2 Å². The number of nitrogens with zero attached hydrogens (tertiary/aromatic N) is 1. The lowest BCUT2D eigenvalue weighted by molar-refractivity contribution is -0.138. The number of esters is 1. The van der Waals surface area contributed by atoms with Gasteiger partial charge >= 0.3 is 12.1 Å². The van der Waals surface area contributed by atoms with Crippen LogP contribution in [-0.2, 0) is 10.9 Å². The van der Waals surface area contributed by atoms with Crippen LogP contribution in [0.2, 0.25) is 10.0 Å². The summed E-state index contributed by atoms with van der Waals surface area (Å²) in [5, 5.41) is 0.684. The van der Waals surface area contributed by atoms with Crippen molar-refractivity contribution in [3.05, 3.63) is 93.3 Å². The molecule has 0 heterocycles. The van der Waals surface area contributed by atoms with E-state index >= 15 is 0 Å². The molecule has 0 unspecified atom stereocenters. The Balaban J connectivity index is 2.10. The van der Waals surface area contributed by atoms with Crippen molar-refractivity contribution in [3.8, 4) is 11.5 Å². The molecule has 0 aromatic heterocycles. The highest BCUT2D eigenvalue weighted by atomic mass is 35.5. The SMILES string of the molecule is COC(=O)c1ccc(OC(N)=C(C=Nc2cc(Cl)cc(Cl)c2)c2ccc(OC)cc2)c(C(F)(F)F)c1. The molecule has 0 radical (unpaired) electrons. The van der Waals surface area contributed by atoms with Gasteiger partial charge in [0.25, 0.3) is 0 Å². The third-order valence-corrected chi connectivity index (χ3v) is 5.22. The van der Waals surface area contributed by atoms with Crippen molar-refractivity contribution in [1.29, 1.82) is 0 Å². The standard InChI is InChI=1S/C25H19Cl2F3N2O4/c1-34-19-6-3-14(4-7-19)20(13-32-18-11-16(26)10-17(27)12-18)23(31)36-22-8-5-15(24(33)35-2)9-21(22)25(28,29)30/h3-13H,31H2,1-2H3. The quantitative estimate of drug-likeness (QED) is 0.200. The first kappa shape index (κ1) is 26.9. The van der Waals surface area contributed by atoms with Crippen molar-refractivity contribution in [2.24, 2.45) is 10.7 Å². The number of benzene rings is 3. The van der Waals surface area contributed by atoms with Gasteiger partial charge in [0.05, 0.1) is 36.6 Å². The van der Waals surface area contributed by atoms with Gasteiger partial charge in [0, 0.05) is 16.3 Å². The molecular weight excluding hydrogens is 520 g/mol. The number of aliphatic imine (C=N–C) groups is 1. The van der Waals surface area contributed by atoms with E-state index in [1.807, 2.05) is 0 Å². The van der Waals surface area contributed by atoms with Crippen molar-refractivity contribution < 1.29 is 32.2 Å². The van der Waals surface area contributed by atoms with Crippen LogP contribution < -0.4 is 15.2 Å². The van der Waals surface area contributed by atoms with Gasteiger partial charge in [0.2, 0.25) is 0 Å². The van der Waals surface area contributed by atoms with Gasteiger partial charge in [-0.3, -0.25) is 4.99 Å². The van der Waals surface area contributed by atoms with Crippen LogP contribution in [0.4, 0.5) is 18.9 Å². The van der Waals surface area contributed by atoms with E-state index in [-0.39, 0.29) is 17.0 Å². The fourth-order valence-corrected chi connectivity index (χ4v) is 3.58. The fraction of sp³-hybridized carbons (Fsp3) is 0.120. The number of halogens is 5. The molecule has 0 saturated heterocycles. The molecule has 6 nitrogen and oxygen atoms in total. The number of allylic oxidation sites excluding steroid dienone is 1. The van der Waals surface area contributed by atoms with E-state index in [0.29, 0.717) is 33.1 Å². The van der Waals surface area contributed by atoms with Crippen LogP contribution in [0.5, 0.6) is 11.5 Å². The molecule has 0 aliphatic carbocycles. The lowest BCUT2D eigenvalue weighted by Crippen LogP contribution is -2.15. The maximum atomic E-state index is 13.7. The maximum Gasteiger partial charge on any atom is 0.420 e. The first-order chi connectivity index (χ1) is 17.0. The summed E-state index contributed by atoms with van der Waals surface area (Å²) in [5.41, 5.74) is 5.65. The zero-order valence-electron chi connectivity index (χ0n) is 18.9. The van der Waals surface area contributed by atoms with Crippen LogP contribution in [0.15, 0.2) is 71.5 Å². The predicted molar refractivity (Wildman–Crippen MR) is 132 cm³/mol. The molecule has 11 heteroatoms. The summed E-state index contributed by atoms with van der Waals surface area (Å²) < 4.78 is 56.3. The Morgan fingerprint density at radius 3 is 2.11 bits per heavy atom. The molecule has 2 N–H and O–H groups in total. The minimum Gasteiger partial charge on any atom is -0.497 e. The average Bonchev–Trinajstić information content (AvgIpc) is 2.83.